The van der Waals surface area contributed by atoms with E-state index in [1.807, 2.05) is 20.8 Å². The van der Waals surface area contributed by atoms with Gasteiger partial charge in [-0.25, -0.2) is 0 Å². The average Bonchev–Trinajstić information content (AvgIpc) is 2.55. The Balaban J connectivity index is 0. The highest BCUT2D eigenvalue weighted by atomic mass is 16.9. The molecular weight excluding hydrogens is 288 g/mol. The Morgan fingerprint density at radius 3 is 1.22 bits per heavy atom. The third-order valence-electron chi connectivity index (χ3n) is 3.68. The Hall–Kier alpha value is -0.120. The Labute approximate surface area is 146 Å². The van der Waals surface area contributed by atoms with Crippen molar-refractivity contribution < 1.29 is 14.2 Å². The van der Waals surface area contributed by atoms with Crippen LogP contribution < -0.4 is 0 Å². The molecule has 0 aliphatic carbocycles. The van der Waals surface area contributed by atoms with Crippen molar-refractivity contribution >= 4 is 0 Å². The molecule has 0 aromatic rings. The summed E-state index contributed by atoms with van der Waals surface area (Å²) in [4.78, 5) is 0. The van der Waals surface area contributed by atoms with Crippen molar-refractivity contribution in [2.75, 3.05) is 19.8 Å². The summed E-state index contributed by atoms with van der Waals surface area (Å²) >= 11 is 0. The Morgan fingerprint density at radius 2 is 0.870 bits per heavy atom. The van der Waals surface area contributed by atoms with Crippen molar-refractivity contribution in [2.45, 2.75) is 112 Å². The van der Waals surface area contributed by atoms with Gasteiger partial charge in [-0.2, -0.15) is 0 Å². The van der Waals surface area contributed by atoms with Gasteiger partial charge in [0.15, 0.2) is 0 Å². The predicted octanol–water partition coefficient (Wildman–Crippen LogP) is 6.70. The second-order valence-electron chi connectivity index (χ2n) is 5.85. The van der Waals surface area contributed by atoms with E-state index in [4.69, 9.17) is 14.2 Å². The second kappa shape index (κ2) is 19.9. The van der Waals surface area contributed by atoms with E-state index in [-0.39, 0.29) is 0 Å². The number of hydrogen-bond donors (Lipinski definition) is 0. The van der Waals surface area contributed by atoms with Crippen molar-refractivity contribution in [3.63, 3.8) is 0 Å². The topological polar surface area (TPSA) is 27.7 Å². The third kappa shape index (κ3) is 16.5. The highest BCUT2D eigenvalue weighted by molar-refractivity contribution is 4.59. The van der Waals surface area contributed by atoms with E-state index in [2.05, 4.69) is 20.8 Å². The van der Waals surface area contributed by atoms with E-state index in [9.17, 15) is 0 Å². The number of rotatable bonds is 15. The fourth-order valence-corrected chi connectivity index (χ4v) is 2.30. The molecule has 0 N–H and O–H groups in total. The van der Waals surface area contributed by atoms with Gasteiger partial charge in [0, 0.05) is 26.2 Å². The van der Waals surface area contributed by atoms with E-state index in [0.717, 1.165) is 12.8 Å². The van der Waals surface area contributed by atoms with Gasteiger partial charge in [-0.15, -0.1) is 0 Å². The molecule has 0 fully saturated rings. The summed E-state index contributed by atoms with van der Waals surface area (Å²) in [6.45, 7) is 14.4. The molecule has 0 aliphatic rings. The lowest BCUT2D eigenvalue weighted by atomic mass is 10.1. The maximum absolute atomic E-state index is 5.71. The van der Waals surface area contributed by atoms with Crippen LogP contribution in [0.1, 0.15) is 106 Å². The number of unbranched alkanes of at least 4 members (excludes halogenated alkanes) is 7. The summed E-state index contributed by atoms with van der Waals surface area (Å²) in [5, 5.41) is 0. The molecule has 0 amide bonds. The minimum Gasteiger partial charge on any atom is -0.328 e. The van der Waals surface area contributed by atoms with Gasteiger partial charge in [0.1, 0.15) is 0 Å². The van der Waals surface area contributed by atoms with Crippen molar-refractivity contribution in [3.8, 4) is 0 Å². The molecule has 0 heterocycles. The fourth-order valence-electron chi connectivity index (χ4n) is 2.30. The molecule has 0 aliphatic heterocycles. The van der Waals surface area contributed by atoms with Gasteiger partial charge in [0.05, 0.1) is 0 Å². The average molecular weight is 333 g/mol. The first kappa shape index (κ1) is 25.1. The maximum Gasteiger partial charge on any atom is 0.282 e. The lowest BCUT2D eigenvalue weighted by Gasteiger charge is -2.32. The first-order valence-electron chi connectivity index (χ1n) is 10.1. The van der Waals surface area contributed by atoms with Gasteiger partial charge in [-0.05, 0) is 27.2 Å². The molecule has 0 unspecified atom stereocenters. The molecule has 0 spiro atoms. The predicted molar refractivity (Wildman–Crippen MR) is 101 cm³/mol. The molecule has 0 aromatic heterocycles. The first-order chi connectivity index (χ1) is 11.2. The van der Waals surface area contributed by atoms with Gasteiger partial charge in [0.25, 0.3) is 5.97 Å². The smallest absolute Gasteiger partial charge is 0.282 e. The first-order valence-corrected chi connectivity index (χ1v) is 10.1. The highest BCUT2D eigenvalue weighted by Gasteiger charge is 2.31. The van der Waals surface area contributed by atoms with Crippen LogP contribution >= 0.6 is 0 Å². The van der Waals surface area contributed by atoms with Crippen molar-refractivity contribution in [1.82, 2.24) is 0 Å². The normalized spacial score (nSPS) is 11.2. The standard InChI is InChI=1S/C16H34O3.C4H10/c1-5-9-10-11-12-13-14-15-16(17-6-2,18-7-3)19-8-4;1-3-4-2/h5-15H2,1-4H3;3-4H2,1-2H3. The summed E-state index contributed by atoms with van der Waals surface area (Å²) in [7, 11) is 0. The molecule has 3 heteroatoms. The lowest BCUT2D eigenvalue weighted by molar-refractivity contribution is -0.380. The Bertz CT molecular complexity index is 188. The van der Waals surface area contributed by atoms with E-state index >= 15 is 0 Å². The van der Waals surface area contributed by atoms with Gasteiger partial charge >= 0.3 is 0 Å². The SMILES string of the molecule is CCCC.CCCCCCCCCC(OCC)(OCC)OCC. The van der Waals surface area contributed by atoms with Crippen LogP contribution in [0.15, 0.2) is 0 Å². The number of ether oxygens (including phenoxy) is 3. The molecule has 0 bridgehead atoms. The zero-order valence-corrected chi connectivity index (χ0v) is 16.9. The van der Waals surface area contributed by atoms with Crippen LogP contribution in [0.3, 0.4) is 0 Å². The van der Waals surface area contributed by atoms with Crippen LogP contribution in [0.25, 0.3) is 0 Å². The molecule has 23 heavy (non-hydrogen) atoms. The molecular formula is C20H44O3. The van der Waals surface area contributed by atoms with Gasteiger partial charge in [-0.3, -0.25) is 0 Å². The fraction of sp³-hybridized carbons (Fsp3) is 1.00. The monoisotopic (exact) mass is 332 g/mol. The summed E-state index contributed by atoms with van der Waals surface area (Å²) in [6.07, 6.45) is 12.5. The molecule has 0 aromatic carbocycles. The van der Waals surface area contributed by atoms with Crippen molar-refractivity contribution in [2.24, 2.45) is 0 Å². The molecule has 142 valence electrons. The molecule has 0 rings (SSSR count). The van der Waals surface area contributed by atoms with E-state index in [0.29, 0.717) is 19.8 Å². The van der Waals surface area contributed by atoms with Crippen molar-refractivity contribution in [3.05, 3.63) is 0 Å². The van der Waals surface area contributed by atoms with Crippen LogP contribution in [0, 0.1) is 0 Å². The largest absolute Gasteiger partial charge is 0.328 e. The van der Waals surface area contributed by atoms with Crippen LogP contribution in [0.5, 0.6) is 0 Å². The zero-order valence-electron chi connectivity index (χ0n) is 16.9. The minimum absolute atomic E-state index is 0.622. The molecule has 0 atom stereocenters. The second-order valence-corrected chi connectivity index (χ2v) is 5.85. The minimum atomic E-state index is -0.804. The lowest BCUT2D eigenvalue weighted by Crippen LogP contribution is -2.39. The van der Waals surface area contributed by atoms with Crippen LogP contribution in [-0.2, 0) is 14.2 Å². The van der Waals surface area contributed by atoms with E-state index in [1.165, 1.54) is 51.4 Å². The van der Waals surface area contributed by atoms with Crippen molar-refractivity contribution in [1.29, 1.82) is 0 Å². The molecule has 0 radical (unpaired) electrons. The highest BCUT2D eigenvalue weighted by Crippen LogP contribution is 2.24. The van der Waals surface area contributed by atoms with Gasteiger partial charge in [-0.1, -0.05) is 72.1 Å². The molecule has 3 nitrogen and oxygen atoms in total. The van der Waals surface area contributed by atoms with Crippen LogP contribution in [-0.4, -0.2) is 25.8 Å². The Kier molecular flexibility index (Phi) is 21.8. The van der Waals surface area contributed by atoms with Gasteiger partial charge < -0.3 is 14.2 Å². The summed E-state index contributed by atoms with van der Waals surface area (Å²) < 4.78 is 17.1. The summed E-state index contributed by atoms with van der Waals surface area (Å²) in [6, 6.07) is 0. The van der Waals surface area contributed by atoms with Crippen LogP contribution in [0.2, 0.25) is 0 Å². The van der Waals surface area contributed by atoms with Gasteiger partial charge in [0.2, 0.25) is 0 Å². The summed E-state index contributed by atoms with van der Waals surface area (Å²) in [5.74, 6) is -0.804. The van der Waals surface area contributed by atoms with Crippen LogP contribution in [0.4, 0.5) is 0 Å². The Morgan fingerprint density at radius 1 is 0.478 bits per heavy atom. The molecule has 0 saturated heterocycles. The summed E-state index contributed by atoms with van der Waals surface area (Å²) in [5.41, 5.74) is 0. The van der Waals surface area contributed by atoms with E-state index < -0.39 is 5.97 Å². The number of hydrogen-bond acceptors (Lipinski definition) is 3. The quantitative estimate of drug-likeness (QED) is 0.247. The van der Waals surface area contributed by atoms with E-state index in [1.54, 1.807) is 0 Å². The third-order valence-corrected chi connectivity index (χ3v) is 3.68. The maximum atomic E-state index is 5.71. The molecule has 0 saturated carbocycles. The zero-order chi connectivity index (χ0) is 17.8.